The van der Waals surface area contributed by atoms with Gasteiger partial charge in [0.15, 0.2) is 5.11 Å². The van der Waals surface area contributed by atoms with Crippen LogP contribution in [0.3, 0.4) is 0 Å². The maximum absolute atomic E-state index is 5.27. The van der Waals surface area contributed by atoms with Crippen molar-refractivity contribution in [3.8, 4) is 0 Å². The predicted octanol–water partition coefficient (Wildman–Crippen LogP) is 3.67. The fourth-order valence-corrected chi connectivity index (χ4v) is 3.87. The van der Waals surface area contributed by atoms with E-state index in [1.54, 1.807) is 0 Å². The molecule has 3 aliphatic rings. The van der Waals surface area contributed by atoms with Crippen LogP contribution in [-0.4, -0.2) is 17.9 Å². The van der Waals surface area contributed by atoms with Gasteiger partial charge in [0.1, 0.15) is 0 Å². The Bertz CT molecular complexity index is 619. The highest BCUT2D eigenvalue weighted by Gasteiger charge is 2.50. The molecule has 0 spiro atoms. The molecule has 2 N–H and O–H groups in total. The number of rotatable bonds is 5. The first kappa shape index (κ1) is 16.2. The van der Waals surface area contributed by atoms with Crippen LogP contribution in [-0.2, 0) is 6.42 Å². The summed E-state index contributed by atoms with van der Waals surface area (Å²) in [4.78, 5) is 0. The normalized spacial score (nSPS) is 24.7. The molecule has 1 saturated carbocycles. The summed E-state index contributed by atoms with van der Waals surface area (Å²) in [7, 11) is 0. The smallest absolute Gasteiger partial charge is 0.186 e. The molecule has 0 aliphatic heterocycles. The monoisotopic (exact) mass is 327 g/mol. The van der Waals surface area contributed by atoms with Crippen molar-refractivity contribution in [2.45, 2.75) is 33.1 Å². The maximum Gasteiger partial charge on any atom is 0.186 e. The Morgan fingerprint density at radius 3 is 2.83 bits per heavy atom. The lowest BCUT2D eigenvalue weighted by molar-refractivity contribution is -0.00126. The summed E-state index contributed by atoms with van der Waals surface area (Å²) in [6, 6.07) is 10.4. The zero-order chi connectivity index (χ0) is 16.3. The first-order valence-electron chi connectivity index (χ1n) is 8.38. The molecule has 0 amide bonds. The van der Waals surface area contributed by atoms with Gasteiger partial charge < -0.3 is 5.32 Å². The van der Waals surface area contributed by atoms with E-state index in [-0.39, 0.29) is 0 Å². The lowest BCUT2D eigenvalue weighted by Crippen LogP contribution is -2.48. The fourth-order valence-electron chi connectivity index (χ4n) is 3.71. The second kappa shape index (κ2) is 6.83. The largest absolute Gasteiger partial charge is 0.361 e. The van der Waals surface area contributed by atoms with Crippen molar-refractivity contribution in [2.24, 2.45) is 22.4 Å². The van der Waals surface area contributed by atoms with Gasteiger partial charge in [0.05, 0.1) is 6.21 Å². The SMILES string of the molecule is CC1(C)[C@H]2CC=C(/C=N\NC(=S)NCCc3ccccc3)[C@@H]1C2. The number of thiocarbonyl (C=S) groups is 1. The van der Waals surface area contributed by atoms with Crippen molar-refractivity contribution in [3.05, 3.63) is 47.5 Å². The van der Waals surface area contributed by atoms with Crippen LogP contribution in [0.1, 0.15) is 32.3 Å². The van der Waals surface area contributed by atoms with Crippen molar-refractivity contribution in [2.75, 3.05) is 6.54 Å². The second-order valence-corrected chi connectivity index (χ2v) is 7.52. The van der Waals surface area contributed by atoms with Crippen molar-refractivity contribution >= 4 is 23.5 Å². The number of fused-ring (bicyclic) bond motifs is 1. The standard InChI is InChI=1S/C19H25N3S/c1-19(2)16-9-8-15(17(19)12-16)13-21-22-18(23)20-11-10-14-6-4-3-5-7-14/h3-8,13,16-17H,9-12H2,1-2H3,(H2,20,22,23)/b21-13-/t16-,17-/m0/s1. The predicted molar refractivity (Wildman–Crippen MR) is 100 cm³/mol. The van der Waals surface area contributed by atoms with E-state index in [4.69, 9.17) is 12.2 Å². The van der Waals surface area contributed by atoms with Gasteiger partial charge in [0, 0.05) is 6.54 Å². The average molecular weight is 327 g/mol. The molecule has 0 heterocycles. The van der Waals surface area contributed by atoms with E-state index in [0.717, 1.165) is 18.9 Å². The summed E-state index contributed by atoms with van der Waals surface area (Å²) < 4.78 is 0. The summed E-state index contributed by atoms with van der Waals surface area (Å²) in [5.74, 6) is 1.52. The minimum atomic E-state index is 0.435. The second-order valence-electron chi connectivity index (χ2n) is 7.11. The topological polar surface area (TPSA) is 36.4 Å². The highest BCUT2D eigenvalue weighted by atomic mass is 32.1. The first-order valence-corrected chi connectivity index (χ1v) is 8.79. The summed E-state index contributed by atoms with van der Waals surface area (Å²) in [5, 5.41) is 8.09. The third-order valence-corrected chi connectivity index (χ3v) is 5.67. The lowest BCUT2D eigenvalue weighted by atomic mass is 9.49. The quantitative estimate of drug-likeness (QED) is 0.492. The Hall–Kier alpha value is -1.68. The van der Waals surface area contributed by atoms with Crippen molar-refractivity contribution in [3.63, 3.8) is 0 Å². The van der Waals surface area contributed by atoms with Gasteiger partial charge in [-0.25, -0.2) is 0 Å². The van der Waals surface area contributed by atoms with Crippen LogP contribution in [0.4, 0.5) is 0 Å². The van der Waals surface area contributed by atoms with E-state index in [2.05, 4.69) is 60.0 Å². The van der Waals surface area contributed by atoms with Gasteiger partial charge in [-0.15, -0.1) is 0 Å². The number of nitrogens with zero attached hydrogens (tertiary/aromatic N) is 1. The van der Waals surface area contributed by atoms with Crippen LogP contribution in [0.15, 0.2) is 47.1 Å². The molecular weight excluding hydrogens is 302 g/mol. The van der Waals surface area contributed by atoms with Gasteiger partial charge in [0.25, 0.3) is 0 Å². The molecule has 1 fully saturated rings. The van der Waals surface area contributed by atoms with Crippen LogP contribution >= 0.6 is 12.2 Å². The van der Waals surface area contributed by atoms with E-state index in [9.17, 15) is 0 Å². The zero-order valence-corrected chi connectivity index (χ0v) is 14.7. The number of benzene rings is 1. The van der Waals surface area contributed by atoms with Crippen LogP contribution in [0.5, 0.6) is 0 Å². The third kappa shape index (κ3) is 3.63. The van der Waals surface area contributed by atoms with E-state index in [1.807, 2.05) is 12.3 Å². The van der Waals surface area contributed by atoms with Crippen molar-refractivity contribution in [1.29, 1.82) is 0 Å². The highest BCUT2D eigenvalue weighted by Crippen LogP contribution is 2.58. The molecule has 2 bridgehead atoms. The average Bonchev–Trinajstić information content (AvgIpc) is 2.56. The number of hydrogen-bond donors (Lipinski definition) is 2. The minimum absolute atomic E-state index is 0.435. The summed E-state index contributed by atoms with van der Waals surface area (Å²) in [5.41, 5.74) is 6.03. The Morgan fingerprint density at radius 1 is 1.35 bits per heavy atom. The molecule has 1 aromatic carbocycles. The number of nitrogens with one attached hydrogen (secondary N) is 2. The van der Waals surface area contributed by atoms with E-state index < -0.39 is 0 Å². The molecule has 0 saturated heterocycles. The molecule has 4 heteroatoms. The summed E-state index contributed by atoms with van der Waals surface area (Å²) in [6.45, 7) is 5.55. The Labute approximate surface area is 144 Å². The molecule has 2 atom stereocenters. The zero-order valence-electron chi connectivity index (χ0n) is 13.9. The number of allylic oxidation sites excluding steroid dienone is 2. The van der Waals surface area contributed by atoms with Gasteiger partial charge in [-0.05, 0) is 59.9 Å². The van der Waals surface area contributed by atoms with E-state index >= 15 is 0 Å². The van der Waals surface area contributed by atoms with Crippen LogP contribution < -0.4 is 10.7 Å². The van der Waals surface area contributed by atoms with Gasteiger partial charge in [-0.3, -0.25) is 5.43 Å². The molecule has 23 heavy (non-hydrogen) atoms. The van der Waals surface area contributed by atoms with Crippen LogP contribution in [0.25, 0.3) is 0 Å². The first-order chi connectivity index (χ1) is 11.1. The molecule has 3 nitrogen and oxygen atoms in total. The molecule has 122 valence electrons. The Morgan fingerprint density at radius 2 is 2.13 bits per heavy atom. The van der Waals surface area contributed by atoms with E-state index in [1.165, 1.54) is 24.0 Å². The van der Waals surface area contributed by atoms with E-state index in [0.29, 0.717) is 16.4 Å². The lowest BCUT2D eigenvalue weighted by Gasteiger charge is -2.55. The van der Waals surface area contributed by atoms with Gasteiger partial charge >= 0.3 is 0 Å². The molecule has 3 aliphatic carbocycles. The molecule has 0 aromatic heterocycles. The minimum Gasteiger partial charge on any atom is -0.361 e. The molecule has 0 radical (unpaired) electrons. The van der Waals surface area contributed by atoms with Crippen LogP contribution in [0, 0.1) is 17.3 Å². The molecular formula is C19H25N3S. The highest BCUT2D eigenvalue weighted by molar-refractivity contribution is 7.80. The van der Waals surface area contributed by atoms with Gasteiger partial charge in [-0.1, -0.05) is 50.3 Å². The summed E-state index contributed by atoms with van der Waals surface area (Å²) in [6.07, 6.45) is 7.73. The van der Waals surface area contributed by atoms with Crippen LogP contribution in [0.2, 0.25) is 0 Å². The van der Waals surface area contributed by atoms with Gasteiger partial charge in [0.2, 0.25) is 0 Å². The maximum atomic E-state index is 5.27. The molecule has 1 aromatic rings. The third-order valence-electron chi connectivity index (χ3n) is 5.43. The molecule has 0 unspecified atom stereocenters. The van der Waals surface area contributed by atoms with Crippen molar-refractivity contribution < 1.29 is 0 Å². The Kier molecular flexibility index (Phi) is 4.81. The number of hydrazone groups is 1. The fraction of sp³-hybridized carbons (Fsp3) is 0.474. The number of hydrogen-bond acceptors (Lipinski definition) is 2. The van der Waals surface area contributed by atoms with Crippen molar-refractivity contribution in [1.82, 2.24) is 10.7 Å². The summed E-state index contributed by atoms with van der Waals surface area (Å²) >= 11 is 5.27. The van der Waals surface area contributed by atoms with Gasteiger partial charge in [-0.2, -0.15) is 5.10 Å². The molecule has 4 rings (SSSR count). The Balaban J connectivity index is 1.40.